The molecule has 1 rings (SSSR count). The van der Waals surface area contributed by atoms with Crippen LogP contribution >= 0.6 is 0 Å². The minimum Gasteiger partial charge on any atom is -0.496 e. The number of nitrogens with two attached hydrogens (primary N) is 1. The fraction of sp³-hybridized carbons (Fsp3) is 0.538. The third kappa shape index (κ3) is 3.11. The first-order valence-corrected chi connectivity index (χ1v) is 5.63. The molecule has 0 bridgehead atoms. The molecular formula is C13H22N2O2. The summed E-state index contributed by atoms with van der Waals surface area (Å²) in [7, 11) is 7.32. The molecule has 0 radical (unpaired) electrons. The Kier molecular flexibility index (Phi) is 4.78. The zero-order valence-corrected chi connectivity index (χ0v) is 11.3. The van der Waals surface area contributed by atoms with Gasteiger partial charge in [0.25, 0.3) is 0 Å². The second-order valence-electron chi connectivity index (χ2n) is 4.38. The van der Waals surface area contributed by atoms with Gasteiger partial charge in [0.15, 0.2) is 0 Å². The number of hydrogen-bond donors (Lipinski definition) is 1. The van der Waals surface area contributed by atoms with Gasteiger partial charge in [0.05, 0.1) is 14.2 Å². The third-order valence-electron chi connectivity index (χ3n) is 2.77. The molecule has 4 heteroatoms. The first kappa shape index (κ1) is 13.8. The Morgan fingerprint density at radius 1 is 1.24 bits per heavy atom. The average molecular weight is 238 g/mol. The summed E-state index contributed by atoms with van der Waals surface area (Å²) in [6.45, 7) is 2.76. The van der Waals surface area contributed by atoms with Crippen molar-refractivity contribution < 1.29 is 9.47 Å². The van der Waals surface area contributed by atoms with Crippen LogP contribution in [0.15, 0.2) is 12.1 Å². The number of nitrogens with zero attached hydrogens (tertiary/aromatic N) is 1. The molecule has 0 aromatic heterocycles. The lowest BCUT2D eigenvalue weighted by molar-refractivity contribution is 0.357. The Morgan fingerprint density at radius 2 is 1.88 bits per heavy atom. The van der Waals surface area contributed by atoms with Crippen molar-refractivity contribution in [1.82, 2.24) is 4.90 Å². The number of rotatable bonds is 5. The van der Waals surface area contributed by atoms with Crippen LogP contribution in [0.5, 0.6) is 11.5 Å². The highest BCUT2D eigenvalue weighted by molar-refractivity contribution is 5.50. The minimum atomic E-state index is -0.0652. The Labute approximate surface area is 103 Å². The van der Waals surface area contributed by atoms with Crippen LogP contribution in [-0.2, 0) is 0 Å². The second kappa shape index (κ2) is 5.89. The Bertz CT molecular complexity index is 378. The SMILES string of the molecule is COc1ccc(C(N)CN(C)C)c(OC)c1C. The van der Waals surface area contributed by atoms with Gasteiger partial charge in [-0.05, 0) is 27.1 Å². The van der Waals surface area contributed by atoms with Gasteiger partial charge in [-0.2, -0.15) is 0 Å². The Morgan fingerprint density at radius 3 is 2.35 bits per heavy atom. The summed E-state index contributed by atoms with van der Waals surface area (Å²) in [5.41, 5.74) is 8.17. The molecule has 0 aliphatic heterocycles. The molecule has 0 heterocycles. The molecule has 0 saturated heterocycles. The Balaban J connectivity index is 3.11. The molecule has 0 aliphatic rings. The summed E-state index contributed by atoms with van der Waals surface area (Å²) in [5.74, 6) is 1.64. The molecule has 17 heavy (non-hydrogen) atoms. The van der Waals surface area contributed by atoms with Gasteiger partial charge < -0.3 is 20.1 Å². The molecule has 1 unspecified atom stereocenters. The van der Waals surface area contributed by atoms with E-state index in [0.717, 1.165) is 29.2 Å². The largest absolute Gasteiger partial charge is 0.496 e. The Hall–Kier alpha value is -1.26. The summed E-state index contributed by atoms with van der Waals surface area (Å²) in [6.07, 6.45) is 0. The monoisotopic (exact) mass is 238 g/mol. The zero-order chi connectivity index (χ0) is 13.0. The molecular weight excluding hydrogens is 216 g/mol. The van der Waals surface area contributed by atoms with Gasteiger partial charge in [-0.15, -0.1) is 0 Å². The van der Waals surface area contributed by atoms with Gasteiger partial charge in [0.2, 0.25) is 0 Å². The molecule has 1 aromatic carbocycles. The number of methoxy groups -OCH3 is 2. The van der Waals surface area contributed by atoms with Crippen LogP contribution in [0.25, 0.3) is 0 Å². The zero-order valence-electron chi connectivity index (χ0n) is 11.3. The number of hydrogen-bond acceptors (Lipinski definition) is 4. The second-order valence-corrected chi connectivity index (χ2v) is 4.38. The number of benzene rings is 1. The average Bonchev–Trinajstić information content (AvgIpc) is 2.27. The first-order chi connectivity index (χ1) is 8.01. The highest BCUT2D eigenvalue weighted by Crippen LogP contribution is 2.34. The molecule has 96 valence electrons. The highest BCUT2D eigenvalue weighted by atomic mass is 16.5. The van der Waals surface area contributed by atoms with Crippen molar-refractivity contribution in [2.75, 3.05) is 34.9 Å². The lowest BCUT2D eigenvalue weighted by atomic mass is 10.0. The van der Waals surface area contributed by atoms with E-state index in [1.807, 2.05) is 33.2 Å². The summed E-state index contributed by atoms with van der Waals surface area (Å²) < 4.78 is 10.7. The van der Waals surface area contributed by atoms with Crippen molar-refractivity contribution >= 4 is 0 Å². The fourth-order valence-electron chi connectivity index (χ4n) is 1.97. The summed E-state index contributed by atoms with van der Waals surface area (Å²) in [6, 6.07) is 3.84. The predicted molar refractivity (Wildman–Crippen MR) is 69.8 cm³/mol. The molecule has 1 aromatic rings. The van der Waals surface area contributed by atoms with E-state index in [4.69, 9.17) is 15.2 Å². The van der Waals surface area contributed by atoms with Crippen molar-refractivity contribution in [3.05, 3.63) is 23.3 Å². The van der Waals surface area contributed by atoms with Gasteiger partial charge in [0.1, 0.15) is 11.5 Å². The normalized spacial score (nSPS) is 12.6. The standard InChI is InChI=1S/C13H22N2O2/c1-9-12(16-4)7-6-10(13(9)17-5)11(14)8-15(2)3/h6-7,11H,8,14H2,1-5H3. The van der Waals surface area contributed by atoms with Crippen LogP contribution in [0.3, 0.4) is 0 Å². The van der Waals surface area contributed by atoms with Crippen LogP contribution in [-0.4, -0.2) is 39.8 Å². The van der Waals surface area contributed by atoms with Gasteiger partial charge in [-0.1, -0.05) is 6.07 Å². The maximum Gasteiger partial charge on any atom is 0.130 e. The molecule has 1 atom stereocenters. The third-order valence-corrected chi connectivity index (χ3v) is 2.77. The van der Waals surface area contributed by atoms with Crippen molar-refractivity contribution in [3.63, 3.8) is 0 Å². The van der Waals surface area contributed by atoms with E-state index >= 15 is 0 Å². The van der Waals surface area contributed by atoms with Gasteiger partial charge in [-0.25, -0.2) is 0 Å². The van der Waals surface area contributed by atoms with Gasteiger partial charge in [-0.3, -0.25) is 0 Å². The highest BCUT2D eigenvalue weighted by Gasteiger charge is 2.17. The van der Waals surface area contributed by atoms with Crippen molar-refractivity contribution in [3.8, 4) is 11.5 Å². The van der Waals surface area contributed by atoms with E-state index in [0.29, 0.717) is 0 Å². The minimum absolute atomic E-state index is 0.0652. The molecule has 0 saturated carbocycles. The molecule has 4 nitrogen and oxygen atoms in total. The van der Waals surface area contributed by atoms with Crippen molar-refractivity contribution in [1.29, 1.82) is 0 Å². The summed E-state index contributed by atoms with van der Waals surface area (Å²) >= 11 is 0. The maximum atomic E-state index is 6.17. The molecule has 2 N–H and O–H groups in total. The smallest absolute Gasteiger partial charge is 0.130 e. The van der Waals surface area contributed by atoms with Crippen LogP contribution < -0.4 is 15.2 Å². The quantitative estimate of drug-likeness (QED) is 0.846. The first-order valence-electron chi connectivity index (χ1n) is 5.63. The topological polar surface area (TPSA) is 47.7 Å². The molecule has 0 fully saturated rings. The van der Waals surface area contributed by atoms with Crippen LogP contribution in [0.2, 0.25) is 0 Å². The lowest BCUT2D eigenvalue weighted by Gasteiger charge is -2.21. The van der Waals surface area contributed by atoms with Crippen molar-refractivity contribution in [2.45, 2.75) is 13.0 Å². The summed E-state index contributed by atoms with van der Waals surface area (Å²) in [4.78, 5) is 2.06. The van der Waals surface area contributed by atoms with E-state index in [1.54, 1.807) is 14.2 Å². The van der Waals surface area contributed by atoms with Gasteiger partial charge >= 0.3 is 0 Å². The van der Waals surface area contributed by atoms with Gasteiger partial charge in [0, 0.05) is 23.7 Å². The maximum absolute atomic E-state index is 6.17. The van der Waals surface area contributed by atoms with Crippen LogP contribution in [0.4, 0.5) is 0 Å². The molecule has 0 aliphatic carbocycles. The van der Waals surface area contributed by atoms with Crippen LogP contribution in [0, 0.1) is 6.92 Å². The number of ether oxygens (including phenoxy) is 2. The van der Waals surface area contributed by atoms with E-state index < -0.39 is 0 Å². The van der Waals surface area contributed by atoms with E-state index in [1.165, 1.54) is 0 Å². The predicted octanol–water partition coefficient (Wildman–Crippen LogP) is 1.57. The van der Waals surface area contributed by atoms with Crippen molar-refractivity contribution in [2.24, 2.45) is 5.73 Å². The molecule has 0 amide bonds. The number of likely N-dealkylation sites (N-methyl/N-ethyl adjacent to an activating group) is 1. The van der Waals surface area contributed by atoms with E-state index in [9.17, 15) is 0 Å². The van der Waals surface area contributed by atoms with E-state index in [2.05, 4.69) is 4.90 Å². The lowest BCUT2D eigenvalue weighted by Crippen LogP contribution is -2.26. The van der Waals surface area contributed by atoms with Crippen LogP contribution in [0.1, 0.15) is 17.2 Å². The van der Waals surface area contributed by atoms with E-state index in [-0.39, 0.29) is 6.04 Å². The fourth-order valence-corrected chi connectivity index (χ4v) is 1.97. The molecule has 0 spiro atoms. The summed E-state index contributed by atoms with van der Waals surface area (Å²) in [5, 5.41) is 0.